The Bertz CT molecular complexity index is 1440. The van der Waals surface area contributed by atoms with Crippen molar-refractivity contribution in [1.29, 1.82) is 0 Å². The van der Waals surface area contributed by atoms with Gasteiger partial charge >= 0.3 is 6.18 Å². The zero-order valence-electron chi connectivity index (χ0n) is 18.2. The van der Waals surface area contributed by atoms with Crippen LogP contribution < -0.4 is 10.7 Å². The quantitative estimate of drug-likeness (QED) is 0.117. The molecule has 2 aromatic carbocycles. The second-order valence-electron chi connectivity index (χ2n) is 7.55. The van der Waals surface area contributed by atoms with Gasteiger partial charge in [-0.2, -0.15) is 18.3 Å². The number of nitrogens with zero attached hydrogens (tertiary/aromatic N) is 2. The third-order valence-electron chi connectivity index (χ3n) is 5.30. The van der Waals surface area contributed by atoms with Crippen LogP contribution in [0.5, 0.6) is 0 Å². The number of carbonyl (C=O) groups excluding carboxylic acids is 1. The highest BCUT2D eigenvalue weighted by Crippen LogP contribution is 2.34. The standard InChI is InChI=1S/C25H18F4N4OS/c1-15-18(14-30-32-24(35)31-20-7-3-2-6-19(20)25(27,28)29)21-8-4-5-13-33(21)22(15)23(34)16-9-11-17(26)12-10-16/h2-14H,1H3,(H2,31,32,35). The minimum atomic E-state index is -4.54. The van der Waals surface area contributed by atoms with E-state index in [2.05, 4.69) is 15.8 Å². The van der Waals surface area contributed by atoms with E-state index in [0.717, 1.165) is 6.07 Å². The van der Waals surface area contributed by atoms with Gasteiger partial charge in [-0.25, -0.2) is 4.39 Å². The number of nitrogens with one attached hydrogen (secondary N) is 2. The first-order valence-electron chi connectivity index (χ1n) is 10.3. The molecular formula is C25H18F4N4OS. The van der Waals surface area contributed by atoms with Crippen molar-refractivity contribution in [2.75, 3.05) is 5.32 Å². The molecule has 4 rings (SSSR count). The van der Waals surface area contributed by atoms with E-state index in [9.17, 15) is 22.4 Å². The number of anilines is 1. The summed E-state index contributed by atoms with van der Waals surface area (Å²) in [6.45, 7) is 1.75. The molecular weight excluding hydrogens is 480 g/mol. The highest BCUT2D eigenvalue weighted by atomic mass is 32.1. The van der Waals surface area contributed by atoms with Crippen molar-refractivity contribution >= 4 is 40.5 Å². The molecule has 0 aliphatic rings. The SMILES string of the molecule is Cc1c(C=NNC(=S)Nc2ccccc2C(F)(F)F)c2ccccn2c1C(=O)c1ccc(F)cc1. The van der Waals surface area contributed by atoms with Crippen LogP contribution >= 0.6 is 12.2 Å². The fourth-order valence-corrected chi connectivity index (χ4v) is 3.85. The van der Waals surface area contributed by atoms with Crippen LogP contribution in [0.2, 0.25) is 0 Å². The number of para-hydroxylation sites is 1. The van der Waals surface area contributed by atoms with E-state index in [4.69, 9.17) is 12.2 Å². The number of aromatic nitrogens is 1. The van der Waals surface area contributed by atoms with Gasteiger partial charge in [-0.15, -0.1) is 0 Å². The molecule has 0 unspecified atom stereocenters. The van der Waals surface area contributed by atoms with Gasteiger partial charge in [0.15, 0.2) is 5.11 Å². The van der Waals surface area contributed by atoms with Crippen LogP contribution in [-0.2, 0) is 6.18 Å². The largest absolute Gasteiger partial charge is 0.418 e. The van der Waals surface area contributed by atoms with E-state index in [1.807, 2.05) is 0 Å². The molecule has 5 nitrogen and oxygen atoms in total. The minimum absolute atomic E-state index is 0.137. The van der Waals surface area contributed by atoms with Gasteiger partial charge in [0.1, 0.15) is 5.82 Å². The number of alkyl halides is 3. The van der Waals surface area contributed by atoms with Gasteiger partial charge in [-0.1, -0.05) is 18.2 Å². The first-order chi connectivity index (χ1) is 16.7. The van der Waals surface area contributed by atoms with Gasteiger partial charge in [0.2, 0.25) is 5.78 Å². The van der Waals surface area contributed by atoms with E-state index >= 15 is 0 Å². The minimum Gasteiger partial charge on any atom is -0.331 e. The summed E-state index contributed by atoms with van der Waals surface area (Å²) in [5.74, 6) is -0.739. The maximum Gasteiger partial charge on any atom is 0.418 e. The zero-order valence-corrected chi connectivity index (χ0v) is 19.0. The number of hydrogen-bond acceptors (Lipinski definition) is 3. The predicted molar refractivity (Wildman–Crippen MR) is 130 cm³/mol. The molecule has 2 heterocycles. The number of benzene rings is 2. The normalized spacial score (nSPS) is 11.7. The Morgan fingerprint density at radius 3 is 2.43 bits per heavy atom. The Balaban J connectivity index is 1.59. The zero-order chi connectivity index (χ0) is 25.2. The van der Waals surface area contributed by atoms with Crippen molar-refractivity contribution in [2.45, 2.75) is 13.1 Å². The molecule has 0 radical (unpaired) electrons. The van der Waals surface area contributed by atoms with Crippen molar-refractivity contribution < 1.29 is 22.4 Å². The van der Waals surface area contributed by atoms with Crippen LogP contribution in [0, 0.1) is 12.7 Å². The lowest BCUT2D eigenvalue weighted by atomic mass is 10.0. The third-order valence-corrected chi connectivity index (χ3v) is 5.49. The number of ketones is 1. The molecule has 0 aliphatic carbocycles. The average Bonchev–Trinajstić information content (AvgIpc) is 3.10. The van der Waals surface area contributed by atoms with Crippen molar-refractivity contribution in [2.24, 2.45) is 5.10 Å². The number of pyridine rings is 1. The molecule has 2 N–H and O–H groups in total. The molecule has 0 spiro atoms. The first kappa shape index (κ1) is 24.1. The summed E-state index contributed by atoms with van der Waals surface area (Å²) in [7, 11) is 0. The lowest BCUT2D eigenvalue weighted by Crippen LogP contribution is -2.25. The Labute approximate surface area is 203 Å². The Kier molecular flexibility index (Phi) is 6.65. The molecule has 35 heavy (non-hydrogen) atoms. The first-order valence-corrected chi connectivity index (χ1v) is 10.7. The fourth-order valence-electron chi connectivity index (χ4n) is 3.68. The van der Waals surface area contributed by atoms with Crippen molar-refractivity contribution in [1.82, 2.24) is 9.83 Å². The van der Waals surface area contributed by atoms with Gasteiger partial charge in [0.25, 0.3) is 0 Å². The Morgan fingerprint density at radius 2 is 1.71 bits per heavy atom. The van der Waals surface area contributed by atoms with E-state index in [0.29, 0.717) is 27.9 Å². The maximum atomic E-state index is 13.3. The van der Waals surface area contributed by atoms with E-state index < -0.39 is 17.6 Å². The van der Waals surface area contributed by atoms with E-state index in [1.165, 1.54) is 48.7 Å². The number of hydrogen-bond donors (Lipinski definition) is 2. The molecule has 0 amide bonds. The molecule has 0 fully saturated rings. The Morgan fingerprint density at radius 1 is 1.03 bits per heavy atom. The molecule has 0 aliphatic heterocycles. The number of hydrazone groups is 1. The second kappa shape index (κ2) is 9.67. The molecule has 2 aromatic heterocycles. The molecule has 178 valence electrons. The smallest absolute Gasteiger partial charge is 0.331 e. The molecule has 0 atom stereocenters. The van der Waals surface area contributed by atoms with Gasteiger partial charge in [-0.05, 0) is 73.2 Å². The third kappa shape index (κ3) is 5.07. The maximum absolute atomic E-state index is 13.3. The molecule has 10 heteroatoms. The topological polar surface area (TPSA) is 57.9 Å². The number of carbonyl (C=O) groups is 1. The van der Waals surface area contributed by atoms with E-state index in [1.54, 1.807) is 35.7 Å². The number of fused-ring (bicyclic) bond motifs is 1. The molecule has 4 aromatic rings. The highest BCUT2D eigenvalue weighted by Gasteiger charge is 2.33. The molecule has 0 bridgehead atoms. The summed E-state index contributed by atoms with van der Waals surface area (Å²) < 4.78 is 54.6. The molecule has 0 saturated heterocycles. The summed E-state index contributed by atoms with van der Waals surface area (Å²) in [5, 5.41) is 6.43. The number of halogens is 4. The average molecular weight is 499 g/mol. The van der Waals surface area contributed by atoms with E-state index in [-0.39, 0.29) is 16.6 Å². The fraction of sp³-hybridized carbons (Fsp3) is 0.0800. The van der Waals surface area contributed by atoms with Gasteiger partial charge in [0, 0.05) is 17.3 Å². The lowest BCUT2D eigenvalue weighted by molar-refractivity contribution is -0.136. The second-order valence-corrected chi connectivity index (χ2v) is 7.95. The predicted octanol–water partition coefficient (Wildman–Crippen LogP) is 5.96. The van der Waals surface area contributed by atoms with Crippen LogP contribution in [0.15, 0.2) is 78.0 Å². The highest BCUT2D eigenvalue weighted by molar-refractivity contribution is 7.80. The van der Waals surface area contributed by atoms with Crippen molar-refractivity contribution in [3.8, 4) is 0 Å². The summed E-state index contributed by atoms with van der Waals surface area (Å²) in [5.41, 5.74) is 4.08. The lowest BCUT2D eigenvalue weighted by Gasteiger charge is -2.14. The van der Waals surface area contributed by atoms with Crippen molar-refractivity contribution in [3.05, 3.63) is 107 Å². The molecule has 0 saturated carbocycles. The van der Waals surface area contributed by atoms with Crippen LogP contribution in [0.4, 0.5) is 23.2 Å². The summed E-state index contributed by atoms with van der Waals surface area (Å²) >= 11 is 5.09. The number of thiocarbonyl (C=S) groups is 1. The summed E-state index contributed by atoms with van der Waals surface area (Å²) in [6.07, 6.45) is -1.38. The van der Waals surface area contributed by atoms with Crippen LogP contribution in [0.3, 0.4) is 0 Å². The van der Waals surface area contributed by atoms with Gasteiger partial charge in [-0.3, -0.25) is 10.2 Å². The summed E-state index contributed by atoms with van der Waals surface area (Å²) in [4.78, 5) is 13.2. The van der Waals surface area contributed by atoms with Crippen LogP contribution in [0.1, 0.15) is 32.7 Å². The van der Waals surface area contributed by atoms with Crippen LogP contribution in [-0.4, -0.2) is 21.5 Å². The summed E-state index contributed by atoms with van der Waals surface area (Å²) in [6, 6.07) is 15.6. The number of rotatable bonds is 5. The van der Waals surface area contributed by atoms with Crippen LogP contribution in [0.25, 0.3) is 5.52 Å². The van der Waals surface area contributed by atoms with Gasteiger partial charge in [0.05, 0.1) is 28.7 Å². The Hall–Kier alpha value is -4.05. The van der Waals surface area contributed by atoms with Gasteiger partial charge < -0.3 is 9.72 Å². The monoisotopic (exact) mass is 498 g/mol. The van der Waals surface area contributed by atoms with Crippen molar-refractivity contribution in [3.63, 3.8) is 0 Å².